The third-order valence-corrected chi connectivity index (χ3v) is 3.51. The lowest BCUT2D eigenvalue weighted by Gasteiger charge is -2.27. The van der Waals surface area contributed by atoms with E-state index in [2.05, 4.69) is 5.48 Å². The van der Waals surface area contributed by atoms with Crippen LogP contribution in [0, 0.1) is 0 Å². The minimum Gasteiger partial charge on any atom is -0.481 e. The molecule has 7 heteroatoms. The van der Waals surface area contributed by atoms with Crippen LogP contribution < -0.4 is 5.48 Å². The lowest BCUT2D eigenvalue weighted by Crippen LogP contribution is -2.43. The Morgan fingerprint density at radius 1 is 1.44 bits per heavy atom. The average Bonchev–Trinajstić information content (AvgIpc) is 2.60. The van der Waals surface area contributed by atoms with Gasteiger partial charge in [0.05, 0.1) is 6.42 Å². The van der Waals surface area contributed by atoms with E-state index in [1.165, 1.54) is 0 Å². The zero-order valence-corrected chi connectivity index (χ0v) is 11.6. The van der Waals surface area contributed by atoms with Crippen LogP contribution in [-0.4, -0.2) is 39.9 Å². The topological polar surface area (TPSA) is 84.9 Å². The van der Waals surface area contributed by atoms with Gasteiger partial charge in [-0.25, -0.2) is 4.79 Å². The van der Waals surface area contributed by atoms with Crippen LogP contribution in [0.2, 0.25) is 0 Å². The van der Waals surface area contributed by atoms with Crippen LogP contribution in [0.25, 0.3) is 0 Å². The van der Waals surface area contributed by atoms with Crippen molar-refractivity contribution in [1.82, 2.24) is 5.48 Å². The molecule has 6 nitrogen and oxygen atoms in total. The summed E-state index contributed by atoms with van der Waals surface area (Å²) in [4.78, 5) is 27.5. The van der Waals surface area contributed by atoms with E-state index in [1.807, 2.05) is 0 Å². The molecule has 0 aliphatic carbocycles. The van der Waals surface area contributed by atoms with Gasteiger partial charge in [-0.3, -0.25) is 9.63 Å². The molecule has 1 rings (SSSR count). The molecule has 1 unspecified atom stereocenters. The molecule has 1 aliphatic heterocycles. The molecule has 2 N–H and O–H groups in total. The molecule has 104 valence electrons. The lowest BCUT2D eigenvalue weighted by molar-refractivity contribution is -0.149. The first kappa shape index (κ1) is 15.1. The van der Waals surface area contributed by atoms with Gasteiger partial charge in [0.2, 0.25) is 0 Å². The fraction of sp³-hybridized carbons (Fsp3) is 0.818. The quantitative estimate of drug-likeness (QED) is 0.762. The minimum atomic E-state index is -0.941. The first-order valence-electron chi connectivity index (χ1n) is 5.69. The molecule has 18 heavy (non-hydrogen) atoms. The number of hydroxylamine groups is 1. The molecular weight excluding hydrogens is 258 g/mol. The average molecular weight is 277 g/mol. The van der Waals surface area contributed by atoms with Gasteiger partial charge in [-0.2, -0.15) is 17.2 Å². The number of hydrogen-bond donors (Lipinski definition) is 2. The second-order valence-corrected chi connectivity index (χ2v) is 6.37. The highest BCUT2D eigenvalue weighted by molar-refractivity contribution is 7.99. The summed E-state index contributed by atoms with van der Waals surface area (Å²) >= 11 is 1.61. The Bertz CT molecular complexity index is 320. The molecule has 0 aromatic heterocycles. The smallest absolute Gasteiger partial charge is 0.431 e. The molecule has 1 heterocycles. The van der Waals surface area contributed by atoms with Crippen LogP contribution in [0.1, 0.15) is 33.6 Å². The minimum absolute atomic E-state index is 0.129. The number of amides is 1. The molecule has 0 bridgehead atoms. The molecule has 0 aromatic rings. The van der Waals surface area contributed by atoms with Crippen LogP contribution in [0.3, 0.4) is 0 Å². The van der Waals surface area contributed by atoms with Crippen molar-refractivity contribution < 1.29 is 24.3 Å². The Hall–Kier alpha value is -0.950. The Kier molecular flexibility index (Phi) is 4.86. The predicted molar refractivity (Wildman–Crippen MR) is 67.4 cm³/mol. The summed E-state index contributed by atoms with van der Waals surface area (Å²) in [5.41, 5.74) is 0.750. The molecular formula is C11H19NO5S. The Labute approximate surface area is 110 Å². The summed E-state index contributed by atoms with van der Waals surface area (Å²) in [6, 6.07) is 0. The number of carboxylic acids is 1. The number of aliphatic carboxylic acids is 1. The maximum absolute atomic E-state index is 11.4. The molecule has 0 radical (unpaired) electrons. The number of hydrogen-bond acceptors (Lipinski definition) is 5. The Balaban J connectivity index is 2.48. The van der Waals surface area contributed by atoms with Gasteiger partial charge in [0, 0.05) is 5.75 Å². The second kappa shape index (κ2) is 5.79. The van der Waals surface area contributed by atoms with Gasteiger partial charge in [0.25, 0.3) is 0 Å². The number of carbonyl (C=O) groups is 2. The second-order valence-electron chi connectivity index (χ2n) is 5.26. The summed E-state index contributed by atoms with van der Waals surface area (Å²) in [6.07, 6.45) is -0.237. The van der Waals surface area contributed by atoms with Crippen molar-refractivity contribution in [2.75, 3.05) is 11.5 Å². The normalized spacial score (nSPS) is 23.7. The third-order valence-electron chi connectivity index (χ3n) is 2.29. The maximum atomic E-state index is 11.4. The summed E-state index contributed by atoms with van der Waals surface area (Å²) in [6.45, 7) is 5.22. The van der Waals surface area contributed by atoms with E-state index in [0.717, 1.165) is 5.75 Å². The van der Waals surface area contributed by atoms with Gasteiger partial charge in [0.15, 0.2) is 0 Å². The van der Waals surface area contributed by atoms with Gasteiger partial charge >= 0.3 is 12.1 Å². The van der Waals surface area contributed by atoms with E-state index in [0.29, 0.717) is 12.2 Å². The highest BCUT2D eigenvalue weighted by Crippen LogP contribution is 2.33. The molecule has 1 amide bonds. The first-order valence-corrected chi connectivity index (χ1v) is 6.84. The van der Waals surface area contributed by atoms with Crippen molar-refractivity contribution in [1.29, 1.82) is 0 Å². The van der Waals surface area contributed by atoms with E-state index >= 15 is 0 Å². The molecule has 0 saturated carbocycles. The van der Waals surface area contributed by atoms with Crippen molar-refractivity contribution in [3.63, 3.8) is 0 Å². The van der Waals surface area contributed by atoms with Crippen molar-refractivity contribution in [2.45, 2.75) is 44.8 Å². The van der Waals surface area contributed by atoms with Crippen LogP contribution >= 0.6 is 11.8 Å². The number of rotatable bonds is 4. The molecule has 1 fully saturated rings. The van der Waals surface area contributed by atoms with E-state index in [-0.39, 0.29) is 6.42 Å². The van der Waals surface area contributed by atoms with E-state index in [1.54, 1.807) is 32.5 Å². The standard InChI is InChI=1S/C11H19NO5S/c1-10(2,3)16-9(15)12-17-11(6-8(13)14)4-5-18-7-11/h4-7H2,1-3H3,(H,12,15)(H,13,14). The Morgan fingerprint density at radius 2 is 2.11 bits per heavy atom. The van der Waals surface area contributed by atoms with Crippen molar-refractivity contribution >= 4 is 23.8 Å². The number of ether oxygens (including phenoxy) is 1. The lowest BCUT2D eigenvalue weighted by atomic mass is 9.99. The van der Waals surface area contributed by atoms with E-state index in [4.69, 9.17) is 14.7 Å². The number of carboxylic acid groups (broad SMARTS) is 1. The van der Waals surface area contributed by atoms with Gasteiger partial charge in [-0.15, -0.1) is 0 Å². The van der Waals surface area contributed by atoms with E-state index in [9.17, 15) is 9.59 Å². The monoisotopic (exact) mass is 277 g/mol. The zero-order chi connectivity index (χ0) is 13.8. The molecule has 0 aromatic carbocycles. The predicted octanol–water partition coefficient (Wildman–Crippen LogP) is 1.79. The van der Waals surface area contributed by atoms with Crippen molar-refractivity contribution in [3.05, 3.63) is 0 Å². The highest BCUT2D eigenvalue weighted by Gasteiger charge is 2.39. The van der Waals surface area contributed by atoms with E-state index < -0.39 is 23.3 Å². The van der Waals surface area contributed by atoms with Gasteiger partial charge in [-0.05, 0) is 32.9 Å². The van der Waals surface area contributed by atoms with Gasteiger partial charge < -0.3 is 9.84 Å². The molecule has 1 aliphatic rings. The summed E-state index contributed by atoms with van der Waals surface area (Å²) in [7, 11) is 0. The maximum Gasteiger partial charge on any atom is 0.431 e. The molecule has 1 atom stereocenters. The van der Waals surface area contributed by atoms with Crippen molar-refractivity contribution in [3.8, 4) is 0 Å². The summed E-state index contributed by atoms with van der Waals surface area (Å²) in [5, 5.41) is 8.86. The summed E-state index contributed by atoms with van der Waals surface area (Å²) < 4.78 is 5.02. The van der Waals surface area contributed by atoms with Crippen LogP contribution in [0.4, 0.5) is 4.79 Å². The van der Waals surface area contributed by atoms with Crippen LogP contribution in [0.5, 0.6) is 0 Å². The Morgan fingerprint density at radius 3 is 2.56 bits per heavy atom. The van der Waals surface area contributed by atoms with Crippen molar-refractivity contribution in [2.24, 2.45) is 0 Å². The fourth-order valence-electron chi connectivity index (χ4n) is 1.57. The van der Waals surface area contributed by atoms with Crippen LogP contribution in [0.15, 0.2) is 0 Å². The highest BCUT2D eigenvalue weighted by atomic mass is 32.2. The summed E-state index contributed by atoms with van der Waals surface area (Å²) in [5.74, 6) is 0.432. The first-order chi connectivity index (χ1) is 8.22. The largest absolute Gasteiger partial charge is 0.481 e. The number of thioether (sulfide) groups is 1. The van der Waals surface area contributed by atoms with Gasteiger partial charge in [0.1, 0.15) is 11.2 Å². The van der Waals surface area contributed by atoms with Crippen LogP contribution in [-0.2, 0) is 14.4 Å². The third kappa shape index (κ3) is 5.14. The fourth-order valence-corrected chi connectivity index (χ4v) is 2.91. The SMILES string of the molecule is CC(C)(C)OC(=O)NOC1(CC(=O)O)CCSC1. The molecule has 1 saturated heterocycles. The number of nitrogens with one attached hydrogen (secondary N) is 1. The molecule has 0 spiro atoms. The zero-order valence-electron chi connectivity index (χ0n) is 10.8. The van der Waals surface area contributed by atoms with Gasteiger partial charge in [-0.1, -0.05) is 0 Å². The number of carbonyl (C=O) groups excluding carboxylic acids is 1.